The molecule has 0 spiro atoms. The number of carbonyl (C=O) groups excluding carboxylic acids is 1. The van der Waals surface area contributed by atoms with Gasteiger partial charge in [0.25, 0.3) is 0 Å². The number of thiazole rings is 1. The van der Waals surface area contributed by atoms with Gasteiger partial charge >= 0.3 is 0 Å². The SMILES string of the molecule is Cc1ccc(OCc2nc(CC(=O)NCCC(C)C)cs2)cn1. The summed E-state index contributed by atoms with van der Waals surface area (Å²) in [5.41, 5.74) is 1.75. The lowest BCUT2D eigenvalue weighted by Crippen LogP contribution is -2.27. The fourth-order valence-corrected chi connectivity index (χ4v) is 2.61. The Bertz CT molecular complexity index is 623. The van der Waals surface area contributed by atoms with E-state index in [4.69, 9.17) is 4.74 Å². The van der Waals surface area contributed by atoms with Crippen molar-refractivity contribution >= 4 is 17.2 Å². The summed E-state index contributed by atoms with van der Waals surface area (Å²) in [6.45, 7) is 7.33. The lowest BCUT2D eigenvalue weighted by Gasteiger charge is -2.06. The van der Waals surface area contributed by atoms with Crippen LogP contribution in [-0.4, -0.2) is 22.4 Å². The lowest BCUT2D eigenvalue weighted by molar-refractivity contribution is -0.120. The predicted molar refractivity (Wildman–Crippen MR) is 91.6 cm³/mol. The van der Waals surface area contributed by atoms with Gasteiger partial charge in [0.2, 0.25) is 5.91 Å². The third kappa shape index (κ3) is 6.36. The van der Waals surface area contributed by atoms with Gasteiger partial charge in [-0.3, -0.25) is 9.78 Å². The number of amides is 1. The van der Waals surface area contributed by atoms with Gasteiger partial charge in [-0.05, 0) is 31.4 Å². The van der Waals surface area contributed by atoms with Crippen molar-refractivity contribution in [1.29, 1.82) is 0 Å². The van der Waals surface area contributed by atoms with E-state index in [0.29, 0.717) is 18.9 Å². The van der Waals surface area contributed by atoms with Crippen LogP contribution in [0.1, 0.15) is 36.7 Å². The number of aryl methyl sites for hydroxylation is 1. The first-order valence-corrected chi connectivity index (χ1v) is 8.66. The molecule has 0 unspecified atom stereocenters. The topological polar surface area (TPSA) is 64.1 Å². The molecule has 1 N–H and O–H groups in total. The Labute approximate surface area is 141 Å². The molecule has 0 bridgehead atoms. The van der Waals surface area contributed by atoms with Gasteiger partial charge in [-0.1, -0.05) is 13.8 Å². The number of ether oxygens (including phenoxy) is 1. The summed E-state index contributed by atoms with van der Waals surface area (Å²) in [4.78, 5) is 20.4. The van der Waals surface area contributed by atoms with Crippen LogP contribution in [0.3, 0.4) is 0 Å². The molecule has 5 nitrogen and oxygen atoms in total. The second-order valence-corrected chi connectivity index (χ2v) is 6.81. The van der Waals surface area contributed by atoms with Crippen molar-refractivity contribution < 1.29 is 9.53 Å². The van der Waals surface area contributed by atoms with Crippen LogP contribution < -0.4 is 10.1 Å². The molecule has 124 valence electrons. The average Bonchev–Trinajstić information content (AvgIpc) is 2.93. The zero-order valence-electron chi connectivity index (χ0n) is 13.8. The number of hydrogen-bond donors (Lipinski definition) is 1. The molecule has 1 amide bonds. The Morgan fingerprint density at radius 1 is 1.39 bits per heavy atom. The molecule has 0 aliphatic carbocycles. The number of rotatable bonds is 8. The standard InChI is InChI=1S/C17H23N3O2S/c1-12(2)6-7-18-16(21)8-14-11-23-17(20-14)10-22-15-5-4-13(3)19-9-15/h4-5,9,11-12H,6-8,10H2,1-3H3,(H,18,21). The van der Waals surface area contributed by atoms with E-state index < -0.39 is 0 Å². The molecule has 2 rings (SSSR count). The highest BCUT2D eigenvalue weighted by atomic mass is 32.1. The number of hydrogen-bond acceptors (Lipinski definition) is 5. The molecule has 0 radical (unpaired) electrons. The van der Waals surface area contributed by atoms with Crippen LogP contribution >= 0.6 is 11.3 Å². The van der Waals surface area contributed by atoms with E-state index in [-0.39, 0.29) is 5.91 Å². The monoisotopic (exact) mass is 333 g/mol. The summed E-state index contributed by atoms with van der Waals surface area (Å²) < 4.78 is 5.64. The molecule has 0 aliphatic rings. The Balaban J connectivity index is 1.76. The third-order valence-electron chi connectivity index (χ3n) is 3.23. The van der Waals surface area contributed by atoms with Crippen molar-refractivity contribution in [2.45, 2.75) is 40.2 Å². The fraction of sp³-hybridized carbons (Fsp3) is 0.471. The van der Waals surface area contributed by atoms with Crippen molar-refractivity contribution in [1.82, 2.24) is 15.3 Å². The maximum atomic E-state index is 11.8. The summed E-state index contributed by atoms with van der Waals surface area (Å²) in [5, 5.41) is 5.69. The van der Waals surface area contributed by atoms with E-state index in [1.807, 2.05) is 24.4 Å². The normalized spacial score (nSPS) is 10.8. The van der Waals surface area contributed by atoms with Crippen molar-refractivity contribution in [3.05, 3.63) is 40.1 Å². The van der Waals surface area contributed by atoms with Gasteiger partial charge in [0, 0.05) is 17.6 Å². The highest BCUT2D eigenvalue weighted by Gasteiger charge is 2.08. The van der Waals surface area contributed by atoms with E-state index in [9.17, 15) is 4.79 Å². The van der Waals surface area contributed by atoms with Crippen LogP contribution in [0.4, 0.5) is 0 Å². The Morgan fingerprint density at radius 2 is 2.22 bits per heavy atom. The molecule has 2 heterocycles. The first kappa shape index (κ1) is 17.4. The van der Waals surface area contributed by atoms with Gasteiger partial charge in [0.15, 0.2) is 0 Å². The highest BCUT2D eigenvalue weighted by molar-refractivity contribution is 7.09. The van der Waals surface area contributed by atoms with Crippen LogP contribution in [0, 0.1) is 12.8 Å². The van der Waals surface area contributed by atoms with Crippen LogP contribution in [0.25, 0.3) is 0 Å². The molecule has 0 aliphatic heterocycles. The minimum atomic E-state index is 0.0196. The Kier molecular flexibility index (Phi) is 6.52. The smallest absolute Gasteiger partial charge is 0.226 e. The van der Waals surface area contributed by atoms with Crippen molar-refractivity contribution in [3.8, 4) is 5.75 Å². The van der Waals surface area contributed by atoms with Gasteiger partial charge in [-0.25, -0.2) is 4.98 Å². The van der Waals surface area contributed by atoms with Gasteiger partial charge in [-0.2, -0.15) is 0 Å². The van der Waals surface area contributed by atoms with Gasteiger partial charge < -0.3 is 10.1 Å². The molecule has 0 aromatic carbocycles. The molecule has 2 aromatic rings. The minimum absolute atomic E-state index is 0.0196. The van der Waals surface area contributed by atoms with Crippen LogP contribution in [0.15, 0.2) is 23.7 Å². The van der Waals surface area contributed by atoms with E-state index in [1.165, 1.54) is 11.3 Å². The van der Waals surface area contributed by atoms with Gasteiger partial charge in [0.1, 0.15) is 17.4 Å². The summed E-state index contributed by atoms with van der Waals surface area (Å²) >= 11 is 1.51. The van der Waals surface area contributed by atoms with Crippen molar-refractivity contribution in [2.75, 3.05) is 6.54 Å². The number of nitrogens with zero attached hydrogens (tertiary/aromatic N) is 2. The second-order valence-electron chi connectivity index (χ2n) is 5.87. The van der Waals surface area contributed by atoms with Gasteiger partial charge in [0.05, 0.1) is 18.3 Å². The largest absolute Gasteiger partial charge is 0.485 e. The Morgan fingerprint density at radius 3 is 2.91 bits per heavy atom. The summed E-state index contributed by atoms with van der Waals surface area (Å²) in [6.07, 6.45) is 3.01. The maximum Gasteiger partial charge on any atom is 0.226 e. The van der Waals surface area contributed by atoms with Gasteiger partial charge in [-0.15, -0.1) is 11.3 Å². The molecule has 0 fully saturated rings. The predicted octanol–water partition coefficient (Wildman–Crippen LogP) is 3.13. The molecule has 6 heteroatoms. The summed E-state index contributed by atoms with van der Waals surface area (Å²) in [6, 6.07) is 3.79. The molecule has 0 saturated carbocycles. The molecule has 0 atom stereocenters. The zero-order valence-corrected chi connectivity index (χ0v) is 14.7. The molecule has 0 saturated heterocycles. The van der Waals surface area contributed by atoms with Crippen LogP contribution in [0.5, 0.6) is 5.75 Å². The van der Waals surface area contributed by atoms with Crippen LogP contribution in [-0.2, 0) is 17.8 Å². The molecule has 2 aromatic heterocycles. The van der Waals surface area contributed by atoms with Crippen molar-refractivity contribution in [2.24, 2.45) is 5.92 Å². The Hall–Kier alpha value is -1.95. The summed E-state index contributed by atoms with van der Waals surface area (Å²) in [5.74, 6) is 1.33. The first-order chi connectivity index (χ1) is 11.0. The van der Waals surface area contributed by atoms with E-state index in [1.54, 1.807) is 6.20 Å². The lowest BCUT2D eigenvalue weighted by atomic mass is 10.1. The zero-order chi connectivity index (χ0) is 16.7. The number of pyridine rings is 1. The fourth-order valence-electron chi connectivity index (χ4n) is 1.91. The first-order valence-electron chi connectivity index (χ1n) is 7.78. The second kappa shape index (κ2) is 8.62. The molecular formula is C17H23N3O2S. The molecule has 23 heavy (non-hydrogen) atoms. The molecular weight excluding hydrogens is 310 g/mol. The number of nitrogens with one attached hydrogen (secondary N) is 1. The van der Waals surface area contributed by atoms with E-state index in [2.05, 4.69) is 29.1 Å². The maximum absolute atomic E-state index is 11.8. The highest BCUT2D eigenvalue weighted by Crippen LogP contribution is 2.15. The van der Waals surface area contributed by atoms with E-state index in [0.717, 1.165) is 35.1 Å². The average molecular weight is 333 g/mol. The van der Waals surface area contributed by atoms with E-state index >= 15 is 0 Å². The number of aromatic nitrogens is 2. The number of carbonyl (C=O) groups is 1. The van der Waals surface area contributed by atoms with Crippen molar-refractivity contribution in [3.63, 3.8) is 0 Å². The quantitative estimate of drug-likeness (QED) is 0.806. The minimum Gasteiger partial charge on any atom is -0.485 e. The third-order valence-corrected chi connectivity index (χ3v) is 4.10. The summed E-state index contributed by atoms with van der Waals surface area (Å²) in [7, 11) is 0. The van der Waals surface area contributed by atoms with Crippen LogP contribution in [0.2, 0.25) is 0 Å².